The van der Waals surface area contributed by atoms with Gasteiger partial charge in [0.25, 0.3) is 5.91 Å². The third kappa shape index (κ3) is 2.22. The van der Waals surface area contributed by atoms with Crippen molar-refractivity contribution in [2.75, 3.05) is 26.7 Å². The minimum absolute atomic E-state index is 0.0116. The van der Waals surface area contributed by atoms with E-state index in [1.54, 1.807) is 12.1 Å². The predicted molar refractivity (Wildman–Crippen MR) is 75.1 cm³/mol. The maximum Gasteiger partial charge on any atom is 0.257 e. The second-order valence-corrected chi connectivity index (χ2v) is 5.51. The molecule has 0 aliphatic carbocycles. The lowest BCUT2D eigenvalue weighted by Gasteiger charge is -2.37. The molecule has 5 heteroatoms. The normalized spacial score (nSPS) is 25.4. The fraction of sp³-hybridized carbons (Fsp3) is 0.533. The number of hydrogen-bond acceptors (Lipinski definition) is 4. The zero-order chi connectivity index (χ0) is 14.1. The lowest BCUT2D eigenvalue weighted by Crippen LogP contribution is -2.48. The van der Waals surface area contributed by atoms with Crippen molar-refractivity contribution in [3.05, 3.63) is 23.8 Å². The molecule has 5 nitrogen and oxygen atoms in total. The van der Waals surface area contributed by atoms with E-state index in [-0.39, 0.29) is 17.7 Å². The van der Waals surface area contributed by atoms with Crippen LogP contribution in [0, 0.1) is 5.92 Å². The Morgan fingerprint density at radius 1 is 1.45 bits per heavy atom. The van der Waals surface area contributed by atoms with Gasteiger partial charge in [0.2, 0.25) is 0 Å². The number of carbonyl (C=O) groups excluding carboxylic acids is 1. The van der Waals surface area contributed by atoms with E-state index in [2.05, 4.69) is 5.32 Å². The van der Waals surface area contributed by atoms with Gasteiger partial charge in [-0.15, -0.1) is 0 Å². The monoisotopic (exact) mass is 276 g/mol. The molecule has 2 aliphatic rings. The number of aromatic hydroxyl groups is 1. The first-order valence-electron chi connectivity index (χ1n) is 7.09. The molecule has 2 heterocycles. The lowest BCUT2D eigenvalue weighted by atomic mass is 9.91. The number of hydrogen-bond donors (Lipinski definition) is 2. The first-order chi connectivity index (χ1) is 9.70. The third-order valence-electron chi connectivity index (χ3n) is 4.37. The summed E-state index contributed by atoms with van der Waals surface area (Å²) in [5, 5.41) is 13.4. The number of methoxy groups -OCH3 is 1. The molecule has 2 saturated heterocycles. The molecule has 1 aromatic carbocycles. The fourth-order valence-corrected chi connectivity index (χ4v) is 3.29. The molecule has 2 fully saturated rings. The highest BCUT2D eigenvalue weighted by Crippen LogP contribution is 2.30. The average molecular weight is 276 g/mol. The van der Waals surface area contributed by atoms with E-state index in [0.717, 1.165) is 26.1 Å². The van der Waals surface area contributed by atoms with Crippen LogP contribution in [0.1, 0.15) is 23.2 Å². The fourth-order valence-electron chi connectivity index (χ4n) is 3.29. The van der Waals surface area contributed by atoms with Crippen molar-refractivity contribution < 1.29 is 14.6 Å². The van der Waals surface area contributed by atoms with Gasteiger partial charge in [0, 0.05) is 31.7 Å². The second kappa shape index (κ2) is 5.32. The highest BCUT2D eigenvalue weighted by Gasteiger charge is 2.38. The number of rotatable bonds is 2. The summed E-state index contributed by atoms with van der Waals surface area (Å²) in [4.78, 5) is 14.6. The van der Waals surface area contributed by atoms with E-state index in [1.165, 1.54) is 19.6 Å². The van der Waals surface area contributed by atoms with Gasteiger partial charge in [-0.1, -0.05) is 0 Å². The third-order valence-corrected chi connectivity index (χ3v) is 4.37. The Morgan fingerprint density at radius 2 is 2.30 bits per heavy atom. The van der Waals surface area contributed by atoms with E-state index < -0.39 is 0 Å². The summed E-state index contributed by atoms with van der Waals surface area (Å²) in [5.41, 5.74) is 0.360. The predicted octanol–water partition coefficient (Wildman–Crippen LogP) is 1.22. The van der Waals surface area contributed by atoms with Crippen LogP contribution < -0.4 is 10.1 Å². The van der Waals surface area contributed by atoms with Gasteiger partial charge >= 0.3 is 0 Å². The van der Waals surface area contributed by atoms with E-state index >= 15 is 0 Å². The molecule has 0 radical (unpaired) electrons. The number of benzene rings is 1. The number of piperidine rings is 1. The molecule has 0 aromatic heterocycles. The standard InChI is InChI=1S/C15H20N2O3/c1-20-11-4-5-12(14(18)7-11)15(19)17-6-2-3-10-8-16-9-13(10)17/h4-5,7,10,13,16,18H,2-3,6,8-9H2,1H3. The number of phenolic OH excluding ortho intramolecular Hbond substituents is 1. The molecule has 2 N–H and O–H groups in total. The molecule has 2 unspecified atom stereocenters. The van der Waals surface area contributed by atoms with Crippen LogP contribution in [0.2, 0.25) is 0 Å². The Labute approximate surface area is 118 Å². The quantitative estimate of drug-likeness (QED) is 0.853. The summed E-state index contributed by atoms with van der Waals surface area (Å²) in [6, 6.07) is 5.10. The molecular formula is C15H20N2O3. The van der Waals surface area contributed by atoms with Crippen LogP contribution in [0.15, 0.2) is 18.2 Å². The van der Waals surface area contributed by atoms with Crippen molar-refractivity contribution in [3.63, 3.8) is 0 Å². The zero-order valence-electron chi connectivity index (χ0n) is 11.6. The summed E-state index contributed by atoms with van der Waals surface area (Å²) in [6.07, 6.45) is 2.21. The summed E-state index contributed by atoms with van der Waals surface area (Å²) >= 11 is 0. The maximum atomic E-state index is 12.7. The number of fused-ring (bicyclic) bond motifs is 1. The smallest absolute Gasteiger partial charge is 0.257 e. The molecule has 1 amide bonds. The van der Waals surface area contributed by atoms with Gasteiger partial charge in [-0.2, -0.15) is 0 Å². The second-order valence-electron chi connectivity index (χ2n) is 5.51. The minimum atomic E-state index is -0.0800. The van der Waals surface area contributed by atoms with Crippen LogP contribution in [-0.4, -0.2) is 48.7 Å². The molecule has 20 heavy (non-hydrogen) atoms. The number of nitrogens with zero attached hydrogens (tertiary/aromatic N) is 1. The van der Waals surface area contributed by atoms with Gasteiger partial charge in [0.15, 0.2) is 0 Å². The van der Waals surface area contributed by atoms with Gasteiger partial charge in [-0.25, -0.2) is 0 Å². The molecule has 2 aliphatic heterocycles. The highest BCUT2D eigenvalue weighted by atomic mass is 16.5. The van der Waals surface area contributed by atoms with Gasteiger partial charge < -0.3 is 20.1 Å². The molecular weight excluding hydrogens is 256 g/mol. The van der Waals surface area contributed by atoms with Gasteiger partial charge in [-0.05, 0) is 30.9 Å². The molecule has 3 rings (SSSR count). The number of nitrogens with one attached hydrogen (secondary N) is 1. The number of phenols is 1. The largest absolute Gasteiger partial charge is 0.507 e. The number of carbonyl (C=O) groups is 1. The van der Waals surface area contributed by atoms with E-state index in [0.29, 0.717) is 17.2 Å². The summed E-state index contributed by atoms with van der Waals surface area (Å²) in [5.74, 6) is 1.01. The van der Waals surface area contributed by atoms with Crippen LogP contribution in [0.3, 0.4) is 0 Å². The van der Waals surface area contributed by atoms with E-state index in [4.69, 9.17) is 4.74 Å². The summed E-state index contributed by atoms with van der Waals surface area (Å²) in [7, 11) is 1.54. The van der Waals surface area contributed by atoms with E-state index in [9.17, 15) is 9.90 Å². The summed E-state index contributed by atoms with van der Waals surface area (Å²) < 4.78 is 5.05. The Kier molecular flexibility index (Phi) is 3.53. The summed E-state index contributed by atoms with van der Waals surface area (Å²) in [6.45, 7) is 2.61. The highest BCUT2D eigenvalue weighted by molar-refractivity contribution is 5.97. The molecule has 0 spiro atoms. The first kappa shape index (κ1) is 13.2. The molecule has 0 saturated carbocycles. The maximum absolute atomic E-state index is 12.7. The van der Waals surface area contributed by atoms with Crippen molar-refractivity contribution in [3.8, 4) is 11.5 Å². The molecule has 108 valence electrons. The Balaban J connectivity index is 1.84. The van der Waals surface area contributed by atoms with Crippen LogP contribution >= 0.6 is 0 Å². The first-order valence-corrected chi connectivity index (χ1v) is 7.09. The molecule has 2 atom stereocenters. The van der Waals surface area contributed by atoms with Crippen molar-refractivity contribution >= 4 is 5.91 Å². The van der Waals surface area contributed by atoms with Crippen molar-refractivity contribution in [1.82, 2.24) is 10.2 Å². The lowest BCUT2D eigenvalue weighted by molar-refractivity contribution is 0.0572. The van der Waals surface area contributed by atoms with Crippen LogP contribution in [-0.2, 0) is 0 Å². The number of amides is 1. The zero-order valence-corrected chi connectivity index (χ0v) is 11.6. The minimum Gasteiger partial charge on any atom is -0.507 e. The average Bonchev–Trinajstić information content (AvgIpc) is 2.94. The Bertz CT molecular complexity index is 518. The van der Waals surface area contributed by atoms with Crippen LogP contribution in [0.4, 0.5) is 0 Å². The van der Waals surface area contributed by atoms with Gasteiger partial charge in [-0.3, -0.25) is 4.79 Å². The van der Waals surface area contributed by atoms with E-state index in [1.807, 2.05) is 4.90 Å². The van der Waals surface area contributed by atoms with Gasteiger partial charge in [0.05, 0.1) is 12.7 Å². The molecule has 1 aromatic rings. The van der Waals surface area contributed by atoms with Crippen LogP contribution in [0.5, 0.6) is 11.5 Å². The number of ether oxygens (including phenoxy) is 1. The van der Waals surface area contributed by atoms with Gasteiger partial charge in [0.1, 0.15) is 11.5 Å². The van der Waals surface area contributed by atoms with Crippen molar-refractivity contribution in [1.29, 1.82) is 0 Å². The van der Waals surface area contributed by atoms with Crippen LogP contribution in [0.25, 0.3) is 0 Å². The van der Waals surface area contributed by atoms with Crippen molar-refractivity contribution in [2.45, 2.75) is 18.9 Å². The Hall–Kier alpha value is -1.75. The number of likely N-dealkylation sites (tertiary alicyclic amines) is 1. The van der Waals surface area contributed by atoms with Crippen molar-refractivity contribution in [2.24, 2.45) is 5.92 Å². The molecule has 0 bridgehead atoms. The topological polar surface area (TPSA) is 61.8 Å². The SMILES string of the molecule is COc1ccc(C(=O)N2CCCC3CNCC32)c(O)c1. The Morgan fingerprint density at radius 3 is 3.05 bits per heavy atom.